The van der Waals surface area contributed by atoms with Gasteiger partial charge < -0.3 is 8.83 Å². The zero-order chi connectivity index (χ0) is 30.6. The van der Waals surface area contributed by atoms with Crippen LogP contribution in [0.4, 0.5) is 0 Å². The van der Waals surface area contributed by atoms with Crippen molar-refractivity contribution >= 4 is 43.9 Å². The van der Waals surface area contributed by atoms with E-state index in [0.717, 1.165) is 88.4 Å². The molecule has 0 amide bonds. The maximum Gasteiger partial charge on any atom is 0.143 e. The molecule has 0 bridgehead atoms. The van der Waals surface area contributed by atoms with Crippen molar-refractivity contribution in [3.05, 3.63) is 157 Å². The summed E-state index contributed by atoms with van der Waals surface area (Å²) in [4.78, 5) is 0. The molecule has 3 heteroatoms. The molecule has 0 saturated carbocycles. The van der Waals surface area contributed by atoms with Gasteiger partial charge in [-0.05, 0) is 63.7 Å². The first-order valence-electron chi connectivity index (χ1n) is 15.3. The van der Waals surface area contributed by atoms with Gasteiger partial charge in [0.15, 0.2) is 0 Å². The predicted molar refractivity (Wildman–Crippen MR) is 187 cm³/mol. The van der Waals surface area contributed by atoms with Crippen molar-refractivity contribution in [1.29, 1.82) is 5.26 Å². The molecule has 0 aliphatic carbocycles. The summed E-state index contributed by atoms with van der Waals surface area (Å²) in [6.45, 7) is 0. The Kier molecular flexibility index (Phi) is 5.88. The normalized spacial score (nSPS) is 11.5. The Hall–Kier alpha value is -6.37. The van der Waals surface area contributed by atoms with Gasteiger partial charge in [0.05, 0.1) is 11.6 Å². The van der Waals surface area contributed by atoms with Gasteiger partial charge in [-0.1, -0.05) is 121 Å². The van der Waals surface area contributed by atoms with Crippen LogP contribution in [0.5, 0.6) is 0 Å². The van der Waals surface area contributed by atoms with Gasteiger partial charge in [0.25, 0.3) is 0 Å². The van der Waals surface area contributed by atoms with E-state index in [4.69, 9.17) is 8.83 Å². The molecular formula is C43H25NO2. The molecule has 0 N–H and O–H groups in total. The average molecular weight is 588 g/mol. The summed E-state index contributed by atoms with van der Waals surface area (Å²) in [5, 5.41) is 14.4. The van der Waals surface area contributed by atoms with E-state index in [1.54, 1.807) is 0 Å². The third kappa shape index (κ3) is 3.98. The molecule has 0 fully saturated rings. The largest absolute Gasteiger partial charge is 0.456 e. The molecule has 0 aliphatic heterocycles. The van der Waals surface area contributed by atoms with Crippen molar-refractivity contribution in [2.45, 2.75) is 0 Å². The minimum absolute atomic E-state index is 0.640. The Morgan fingerprint density at radius 2 is 0.957 bits per heavy atom. The standard InChI is InChI=1S/C43H25NO2/c44-26-28-11-1-2-12-29(28)31-13-3-4-14-32(31)38-25-27(30-17-10-22-41-42(30)37-16-6-8-21-40(37)45-41)23-24-33(38)35-18-9-19-36-34-15-5-7-20-39(34)46-43(35)36/h1-25H. The van der Waals surface area contributed by atoms with E-state index in [1.165, 1.54) is 0 Å². The van der Waals surface area contributed by atoms with Crippen LogP contribution in [-0.2, 0) is 0 Å². The molecule has 2 aromatic heterocycles. The van der Waals surface area contributed by atoms with Crippen LogP contribution < -0.4 is 0 Å². The molecule has 214 valence electrons. The first kappa shape index (κ1) is 26.1. The molecule has 3 nitrogen and oxygen atoms in total. The van der Waals surface area contributed by atoms with E-state index in [0.29, 0.717) is 5.56 Å². The van der Waals surface area contributed by atoms with Gasteiger partial charge in [0, 0.05) is 32.7 Å². The van der Waals surface area contributed by atoms with Gasteiger partial charge in [-0.3, -0.25) is 0 Å². The lowest BCUT2D eigenvalue weighted by molar-refractivity contribution is 0.669. The van der Waals surface area contributed by atoms with E-state index in [-0.39, 0.29) is 0 Å². The van der Waals surface area contributed by atoms with Crippen LogP contribution >= 0.6 is 0 Å². The first-order chi connectivity index (χ1) is 22.8. The number of hydrogen-bond acceptors (Lipinski definition) is 3. The molecule has 9 rings (SSSR count). The number of fused-ring (bicyclic) bond motifs is 6. The second-order valence-electron chi connectivity index (χ2n) is 11.5. The monoisotopic (exact) mass is 587 g/mol. The van der Waals surface area contributed by atoms with E-state index in [9.17, 15) is 5.26 Å². The van der Waals surface area contributed by atoms with Crippen LogP contribution in [0, 0.1) is 11.3 Å². The second kappa shape index (κ2) is 10.4. The van der Waals surface area contributed by atoms with Crippen LogP contribution in [-0.4, -0.2) is 0 Å². The molecule has 46 heavy (non-hydrogen) atoms. The van der Waals surface area contributed by atoms with Crippen molar-refractivity contribution in [3.63, 3.8) is 0 Å². The number of para-hydroxylation sites is 3. The van der Waals surface area contributed by atoms with E-state index >= 15 is 0 Å². The minimum atomic E-state index is 0.640. The Balaban J connectivity index is 1.36. The molecule has 2 heterocycles. The lowest BCUT2D eigenvalue weighted by Crippen LogP contribution is -1.93. The highest BCUT2D eigenvalue weighted by atomic mass is 16.3. The number of nitriles is 1. The highest BCUT2D eigenvalue weighted by Gasteiger charge is 2.20. The zero-order valence-corrected chi connectivity index (χ0v) is 24.7. The summed E-state index contributed by atoms with van der Waals surface area (Å²) in [6, 6.07) is 54.3. The Bertz CT molecular complexity index is 2670. The van der Waals surface area contributed by atoms with Crippen LogP contribution in [0.15, 0.2) is 160 Å². The molecular weight excluding hydrogens is 562 g/mol. The number of benzene rings is 7. The summed E-state index contributed by atoms with van der Waals surface area (Å²) in [5.41, 5.74) is 12.4. The fourth-order valence-electron chi connectivity index (χ4n) is 6.91. The topological polar surface area (TPSA) is 50.1 Å². The first-order valence-corrected chi connectivity index (χ1v) is 15.3. The van der Waals surface area contributed by atoms with Crippen molar-refractivity contribution in [2.75, 3.05) is 0 Å². The van der Waals surface area contributed by atoms with Gasteiger partial charge >= 0.3 is 0 Å². The maximum absolute atomic E-state index is 10.0. The summed E-state index contributed by atoms with van der Waals surface area (Å²) in [6.07, 6.45) is 0. The third-order valence-electron chi connectivity index (χ3n) is 8.98. The van der Waals surface area contributed by atoms with Crippen LogP contribution in [0.1, 0.15) is 5.56 Å². The minimum Gasteiger partial charge on any atom is -0.456 e. The smallest absolute Gasteiger partial charge is 0.143 e. The number of furan rings is 2. The molecule has 9 aromatic rings. The number of hydrogen-bond donors (Lipinski definition) is 0. The van der Waals surface area contributed by atoms with Crippen LogP contribution in [0.3, 0.4) is 0 Å². The van der Waals surface area contributed by atoms with Crippen molar-refractivity contribution in [3.8, 4) is 50.6 Å². The van der Waals surface area contributed by atoms with Crippen molar-refractivity contribution < 1.29 is 8.83 Å². The number of rotatable bonds is 4. The van der Waals surface area contributed by atoms with Crippen LogP contribution in [0.2, 0.25) is 0 Å². The Morgan fingerprint density at radius 3 is 1.78 bits per heavy atom. The lowest BCUT2D eigenvalue weighted by atomic mass is 9.85. The predicted octanol–water partition coefficient (Wildman–Crippen LogP) is 12.0. The average Bonchev–Trinajstić information content (AvgIpc) is 3.70. The SMILES string of the molecule is N#Cc1ccccc1-c1ccccc1-c1cc(-c2cccc3oc4ccccc4c23)ccc1-c1cccc2c1oc1ccccc12. The summed E-state index contributed by atoms with van der Waals surface area (Å²) < 4.78 is 12.8. The van der Waals surface area contributed by atoms with Crippen LogP contribution in [0.25, 0.3) is 88.4 Å². The lowest BCUT2D eigenvalue weighted by Gasteiger charge is -2.17. The number of nitrogens with zero attached hydrogens (tertiary/aromatic N) is 1. The van der Waals surface area contributed by atoms with Crippen molar-refractivity contribution in [2.24, 2.45) is 0 Å². The van der Waals surface area contributed by atoms with Gasteiger partial charge in [-0.15, -0.1) is 0 Å². The summed E-state index contributed by atoms with van der Waals surface area (Å²) in [5.74, 6) is 0. The Morgan fingerprint density at radius 1 is 0.391 bits per heavy atom. The Labute approximate surface area is 265 Å². The van der Waals surface area contributed by atoms with Gasteiger partial charge in [-0.25, -0.2) is 0 Å². The highest BCUT2D eigenvalue weighted by molar-refractivity contribution is 6.14. The molecule has 0 saturated heterocycles. The quantitative estimate of drug-likeness (QED) is 0.206. The highest BCUT2D eigenvalue weighted by Crippen LogP contribution is 2.45. The molecule has 0 radical (unpaired) electrons. The fraction of sp³-hybridized carbons (Fsp3) is 0. The van der Waals surface area contributed by atoms with Gasteiger partial charge in [-0.2, -0.15) is 5.26 Å². The zero-order valence-electron chi connectivity index (χ0n) is 24.7. The second-order valence-corrected chi connectivity index (χ2v) is 11.5. The summed E-state index contributed by atoms with van der Waals surface area (Å²) >= 11 is 0. The molecule has 0 unspecified atom stereocenters. The molecule has 0 spiro atoms. The van der Waals surface area contributed by atoms with Gasteiger partial charge in [0.1, 0.15) is 22.3 Å². The van der Waals surface area contributed by atoms with Crippen molar-refractivity contribution in [1.82, 2.24) is 0 Å². The fourth-order valence-corrected chi connectivity index (χ4v) is 6.91. The summed E-state index contributed by atoms with van der Waals surface area (Å²) in [7, 11) is 0. The van der Waals surface area contributed by atoms with Gasteiger partial charge in [0.2, 0.25) is 0 Å². The molecule has 0 aliphatic rings. The third-order valence-corrected chi connectivity index (χ3v) is 8.98. The molecule has 7 aromatic carbocycles. The maximum atomic E-state index is 10.0. The molecule has 0 atom stereocenters. The van der Waals surface area contributed by atoms with E-state index < -0.39 is 0 Å². The van der Waals surface area contributed by atoms with E-state index in [2.05, 4.69) is 91.0 Å². The van der Waals surface area contributed by atoms with E-state index in [1.807, 2.05) is 66.7 Å².